The lowest BCUT2D eigenvalue weighted by molar-refractivity contribution is -0.147. The van der Waals surface area contributed by atoms with Crippen LogP contribution >= 0.6 is 0 Å². The van der Waals surface area contributed by atoms with E-state index in [1.54, 1.807) is 6.92 Å². The highest BCUT2D eigenvalue weighted by Gasteiger charge is 2.21. The van der Waals surface area contributed by atoms with Crippen LogP contribution in [0.3, 0.4) is 0 Å². The van der Waals surface area contributed by atoms with E-state index in [9.17, 15) is 9.59 Å². The first kappa shape index (κ1) is 13.7. The van der Waals surface area contributed by atoms with Gasteiger partial charge in [0.25, 0.3) is 0 Å². The topological polar surface area (TPSA) is 52.6 Å². The van der Waals surface area contributed by atoms with Crippen molar-refractivity contribution in [1.82, 2.24) is 0 Å². The average molecular weight is 214 g/mol. The average Bonchev–Trinajstić information content (AvgIpc) is 2.16. The second-order valence-electron chi connectivity index (χ2n) is 3.13. The number of rotatable bonds is 6. The van der Waals surface area contributed by atoms with Gasteiger partial charge in [-0.15, -0.1) is 0 Å². The van der Waals surface area contributed by atoms with Crippen LogP contribution in [-0.4, -0.2) is 24.6 Å². The molecule has 86 valence electrons. The van der Waals surface area contributed by atoms with E-state index < -0.39 is 18.0 Å². The summed E-state index contributed by atoms with van der Waals surface area (Å²) in [5.74, 6) is -0.920. The van der Waals surface area contributed by atoms with E-state index in [-0.39, 0.29) is 12.2 Å². The zero-order valence-corrected chi connectivity index (χ0v) is 9.54. The van der Waals surface area contributed by atoms with Crippen LogP contribution in [0.5, 0.6) is 0 Å². The fraction of sp³-hybridized carbons (Fsp3) is 0.636. The Balaban J connectivity index is 4.40. The van der Waals surface area contributed by atoms with E-state index in [1.807, 2.05) is 6.92 Å². The Hall–Kier alpha value is -1.32. The maximum Gasteiger partial charge on any atom is 0.337 e. The van der Waals surface area contributed by atoms with Crippen molar-refractivity contribution in [2.75, 3.05) is 6.61 Å². The summed E-state index contributed by atoms with van der Waals surface area (Å²) in [6.07, 6.45) is 0.819. The summed E-state index contributed by atoms with van der Waals surface area (Å²) in [5.41, 5.74) is 0.203. The van der Waals surface area contributed by atoms with Crippen LogP contribution in [-0.2, 0) is 19.1 Å². The Labute approximate surface area is 90.2 Å². The summed E-state index contributed by atoms with van der Waals surface area (Å²) in [4.78, 5) is 22.1. The van der Waals surface area contributed by atoms with Gasteiger partial charge in [0.15, 0.2) is 0 Å². The summed E-state index contributed by atoms with van der Waals surface area (Å²) in [5, 5.41) is 0. The molecule has 0 aliphatic carbocycles. The van der Waals surface area contributed by atoms with Gasteiger partial charge >= 0.3 is 11.9 Å². The molecule has 0 radical (unpaired) electrons. The van der Waals surface area contributed by atoms with Crippen LogP contribution in [0.1, 0.15) is 33.6 Å². The Bertz CT molecular complexity index is 245. The number of esters is 2. The van der Waals surface area contributed by atoms with Gasteiger partial charge in [-0.25, -0.2) is 4.79 Å². The molecule has 0 heterocycles. The van der Waals surface area contributed by atoms with E-state index in [1.165, 1.54) is 6.92 Å². The Morgan fingerprint density at radius 2 is 1.93 bits per heavy atom. The molecule has 4 heteroatoms. The highest BCUT2D eigenvalue weighted by molar-refractivity contribution is 5.89. The smallest absolute Gasteiger partial charge is 0.337 e. The van der Waals surface area contributed by atoms with Gasteiger partial charge in [0, 0.05) is 6.92 Å². The molecular weight excluding hydrogens is 196 g/mol. The zero-order valence-electron chi connectivity index (χ0n) is 9.54. The summed E-state index contributed by atoms with van der Waals surface area (Å²) in [7, 11) is 0. The maximum absolute atomic E-state index is 11.3. The molecule has 0 fully saturated rings. The molecule has 0 aromatic rings. The normalized spacial score (nSPS) is 11.7. The third kappa shape index (κ3) is 5.20. The summed E-state index contributed by atoms with van der Waals surface area (Å²) >= 11 is 0. The summed E-state index contributed by atoms with van der Waals surface area (Å²) in [6, 6.07) is 0. The van der Waals surface area contributed by atoms with E-state index in [0.29, 0.717) is 6.42 Å². The number of carbonyl (C=O) groups is 2. The molecular formula is C11H18O4. The van der Waals surface area contributed by atoms with Crippen LogP contribution in [0, 0.1) is 0 Å². The van der Waals surface area contributed by atoms with Gasteiger partial charge in [0.1, 0.15) is 6.10 Å². The van der Waals surface area contributed by atoms with Crippen LogP contribution in [0.2, 0.25) is 0 Å². The lowest BCUT2D eigenvalue weighted by atomic mass is 10.1. The molecule has 0 amide bonds. The minimum Gasteiger partial charge on any atom is -0.463 e. The van der Waals surface area contributed by atoms with Crippen molar-refractivity contribution in [2.45, 2.75) is 39.7 Å². The van der Waals surface area contributed by atoms with Gasteiger partial charge in [0.2, 0.25) is 0 Å². The third-order valence-corrected chi connectivity index (χ3v) is 1.79. The van der Waals surface area contributed by atoms with E-state index in [0.717, 1.165) is 6.42 Å². The molecule has 4 nitrogen and oxygen atoms in total. The molecule has 0 saturated carbocycles. The minimum atomic E-state index is -0.563. The first-order chi connectivity index (χ1) is 7.02. The second kappa shape index (κ2) is 7.04. The monoisotopic (exact) mass is 214 g/mol. The summed E-state index contributed by atoms with van der Waals surface area (Å²) in [6.45, 7) is 8.84. The fourth-order valence-electron chi connectivity index (χ4n) is 1.12. The molecule has 0 aromatic carbocycles. The van der Waals surface area contributed by atoms with Crippen LogP contribution in [0.15, 0.2) is 12.2 Å². The SMILES string of the molecule is C=C(C(=O)OCC)C(CCC)OC(C)=O. The van der Waals surface area contributed by atoms with Gasteiger partial charge in [-0.1, -0.05) is 19.9 Å². The quantitative estimate of drug-likeness (QED) is 0.500. The van der Waals surface area contributed by atoms with E-state index in [2.05, 4.69) is 6.58 Å². The molecule has 1 atom stereocenters. The molecule has 0 spiro atoms. The van der Waals surface area contributed by atoms with Gasteiger partial charge < -0.3 is 9.47 Å². The Morgan fingerprint density at radius 3 is 2.33 bits per heavy atom. The van der Waals surface area contributed by atoms with Crippen LogP contribution in [0.4, 0.5) is 0 Å². The largest absolute Gasteiger partial charge is 0.463 e. The molecule has 0 rings (SSSR count). The van der Waals surface area contributed by atoms with Gasteiger partial charge in [-0.05, 0) is 13.3 Å². The van der Waals surface area contributed by atoms with Crippen molar-refractivity contribution in [1.29, 1.82) is 0 Å². The third-order valence-electron chi connectivity index (χ3n) is 1.79. The lowest BCUT2D eigenvalue weighted by Crippen LogP contribution is -2.24. The van der Waals surface area contributed by atoms with Gasteiger partial charge in [-0.3, -0.25) is 4.79 Å². The predicted molar refractivity (Wildman–Crippen MR) is 56.2 cm³/mol. The standard InChI is InChI=1S/C11H18O4/c1-5-7-10(15-9(4)12)8(3)11(13)14-6-2/h10H,3,5-7H2,1-2,4H3. The minimum absolute atomic E-state index is 0.203. The Morgan fingerprint density at radius 1 is 1.33 bits per heavy atom. The number of ether oxygens (including phenoxy) is 2. The van der Waals surface area contributed by atoms with Crippen LogP contribution in [0.25, 0.3) is 0 Å². The van der Waals surface area contributed by atoms with E-state index >= 15 is 0 Å². The maximum atomic E-state index is 11.3. The first-order valence-electron chi connectivity index (χ1n) is 5.06. The van der Waals surface area contributed by atoms with Crippen molar-refractivity contribution in [3.8, 4) is 0 Å². The number of carbonyl (C=O) groups excluding carboxylic acids is 2. The van der Waals surface area contributed by atoms with Crippen molar-refractivity contribution in [3.63, 3.8) is 0 Å². The highest BCUT2D eigenvalue weighted by Crippen LogP contribution is 2.13. The number of hydrogen-bond donors (Lipinski definition) is 0. The van der Waals surface area contributed by atoms with Gasteiger partial charge in [0.05, 0.1) is 12.2 Å². The molecule has 0 N–H and O–H groups in total. The number of hydrogen-bond acceptors (Lipinski definition) is 4. The molecule has 0 saturated heterocycles. The predicted octanol–water partition coefficient (Wildman–Crippen LogP) is 1.84. The van der Waals surface area contributed by atoms with Crippen molar-refractivity contribution >= 4 is 11.9 Å². The molecule has 0 aliphatic heterocycles. The van der Waals surface area contributed by atoms with Crippen molar-refractivity contribution in [2.24, 2.45) is 0 Å². The first-order valence-corrected chi connectivity index (χ1v) is 5.06. The molecule has 15 heavy (non-hydrogen) atoms. The van der Waals surface area contributed by atoms with Crippen LogP contribution < -0.4 is 0 Å². The van der Waals surface area contributed by atoms with E-state index in [4.69, 9.17) is 9.47 Å². The van der Waals surface area contributed by atoms with Crippen molar-refractivity contribution < 1.29 is 19.1 Å². The summed E-state index contributed by atoms with van der Waals surface area (Å²) < 4.78 is 9.76. The van der Waals surface area contributed by atoms with Crippen molar-refractivity contribution in [3.05, 3.63) is 12.2 Å². The molecule has 0 aliphatic rings. The Kier molecular flexibility index (Phi) is 6.42. The molecule has 0 aromatic heterocycles. The second-order valence-corrected chi connectivity index (χ2v) is 3.13. The van der Waals surface area contributed by atoms with Gasteiger partial charge in [-0.2, -0.15) is 0 Å². The fourth-order valence-corrected chi connectivity index (χ4v) is 1.12. The highest BCUT2D eigenvalue weighted by atomic mass is 16.6. The lowest BCUT2D eigenvalue weighted by Gasteiger charge is -2.17. The zero-order chi connectivity index (χ0) is 11.8. The molecule has 1 unspecified atom stereocenters. The molecule has 0 bridgehead atoms.